The Morgan fingerprint density at radius 3 is 2.65 bits per heavy atom. The van der Waals surface area contributed by atoms with Gasteiger partial charge in [0.15, 0.2) is 0 Å². The molecule has 1 atom stereocenters. The second-order valence-corrected chi connectivity index (χ2v) is 6.67. The van der Waals surface area contributed by atoms with Crippen molar-refractivity contribution < 1.29 is 19.0 Å². The highest BCUT2D eigenvalue weighted by molar-refractivity contribution is 6.05. The summed E-state index contributed by atoms with van der Waals surface area (Å²) in [7, 11) is 0. The van der Waals surface area contributed by atoms with E-state index in [1.165, 1.54) is 0 Å². The van der Waals surface area contributed by atoms with Gasteiger partial charge in [0.1, 0.15) is 23.4 Å². The number of anilines is 1. The zero-order valence-electron chi connectivity index (χ0n) is 15.7. The normalized spacial score (nSPS) is 15.3. The van der Waals surface area contributed by atoms with Crippen LogP contribution in [-0.4, -0.2) is 24.7 Å². The molecule has 5 heteroatoms. The zero-order chi connectivity index (χ0) is 18.7. The number of carbonyl (C=O) groups is 1. The van der Waals surface area contributed by atoms with E-state index in [4.69, 9.17) is 14.2 Å². The standard InChI is InChI=1S/C21H25NO4/c1-5-24-20-11-16-10-14(4)26-19(16)12-18(20)22-21(23)15-6-8-17(9-7-15)25-13(2)3/h6-9,11-14H,5,10H2,1-4H3,(H,22,23)/t14-/m1/s1. The van der Waals surface area contributed by atoms with Gasteiger partial charge < -0.3 is 19.5 Å². The quantitative estimate of drug-likeness (QED) is 0.832. The van der Waals surface area contributed by atoms with E-state index in [1.807, 2.05) is 39.8 Å². The van der Waals surface area contributed by atoms with Crippen LogP contribution in [0.3, 0.4) is 0 Å². The van der Waals surface area contributed by atoms with Gasteiger partial charge in [-0.3, -0.25) is 4.79 Å². The fourth-order valence-corrected chi connectivity index (χ4v) is 2.96. The molecule has 138 valence electrons. The third-order valence-electron chi connectivity index (χ3n) is 4.03. The largest absolute Gasteiger partial charge is 0.492 e. The second-order valence-electron chi connectivity index (χ2n) is 6.67. The third-order valence-corrected chi connectivity index (χ3v) is 4.03. The van der Waals surface area contributed by atoms with E-state index in [2.05, 4.69) is 5.32 Å². The van der Waals surface area contributed by atoms with Crippen molar-refractivity contribution in [3.63, 3.8) is 0 Å². The Morgan fingerprint density at radius 2 is 2.00 bits per heavy atom. The number of fused-ring (bicyclic) bond motifs is 1. The zero-order valence-corrected chi connectivity index (χ0v) is 15.7. The average Bonchev–Trinajstić information content (AvgIpc) is 2.94. The van der Waals surface area contributed by atoms with Crippen LogP contribution in [0.25, 0.3) is 0 Å². The molecule has 26 heavy (non-hydrogen) atoms. The molecule has 2 aromatic rings. The van der Waals surface area contributed by atoms with Gasteiger partial charge in [0, 0.05) is 23.6 Å². The molecule has 0 aromatic heterocycles. The topological polar surface area (TPSA) is 56.8 Å². The first-order chi connectivity index (χ1) is 12.5. The van der Waals surface area contributed by atoms with Crippen LogP contribution in [0.2, 0.25) is 0 Å². The lowest BCUT2D eigenvalue weighted by atomic mass is 10.1. The molecule has 2 aromatic carbocycles. The van der Waals surface area contributed by atoms with E-state index in [0.29, 0.717) is 23.6 Å². The lowest BCUT2D eigenvalue weighted by Gasteiger charge is -2.14. The van der Waals surface area contributed by atoms with Gasteiger partial charge >= 0.3 is 0 Å². The Hall–Kier alpha value is -2.69. The summed E-state index contributed by atoms with van der Waals surface area (Å²) >= 11 is 0. The molecule has 0 fully saturated rings. The number of ether oxygens (including phenoxy) is 3. The van der Waals surface area contributed by atoms with E-state index in [1.54, 1.807) is 24.3 Å². The van der Waals surface area contributed by atoms with Crippen molar-refractivity contribution in [2.45, 2.75) is 46.3 Å². The van der Waals surface area contributed by atoms with Crippen molar-refractivity contribution in [1.82, 2.24) is 0 Å². The van der Waals surface area contributed by atoms with Crippen LogP contribution in [0.15, 0.2) is 36.4 Å². The van der Waals surface area contributed by atoms with E-state index in [-0.39, 0.29) is 18.1 Å². The van der Waals surface area contributed by atoms with Gasteiger partial charge in [-0.2, -0.15) is 0 Å². The smallest absolute Gasteiger partial charge is 0.255 e. The Balaban J connectivity index is 1.79. The molecule has 1 amide bonds. The number of benzene rings is 2. The Labute approximate surface area is 154 Å². The first-order valence-corrected chi connectivity index (χ1v) is 9.00. The van der Waals surface area contributed by atoms with Gasteiger partial charge in [-0.15, -0.1) is 0 Å². The van der Waals surface area contributed by atoms with Crippen LogP contribution in [0.4, 0.5) is 5.69 Å². The van der Waals surface area contributed by atoms with Gasteiger partial charge in [-0.1, -0.05) is 0 Å². The Bertz CT molecular complexity index is 783. The van der Waals surface area contributed by atoms with Crippen molar-refractivity contribution in [2.75, 3.05) is 11.9 Å². The predicted molar refractivity (Wildman–Crippen MR) is 102 cm³/mol. The number of hydrogen-bond donors (Lipinski definition) is 1. The summed E-state index contributed by atoms with van der Waals surface area (Å²) in [5.74, 6) is 2.01. The molecule has 0 saturated carbocycles. The summed E-state index contributed by atoms with van der Waals surface area (Å²) in [4.78, 5) is 12.6. The number of hydrogen-bond acceptors (Lipinski definition) is 4. The fourth-order valence-electron chi connectivity index (χ4n) is 2.96. The maximum Gasteiger partial charge on any atom is 0.255 e. The van der Waals surface area contributed by atoms with E-state index >= 15 is 0 Å². The maximum atomic E-state index is 12.6. The summed E-state index contributed by atoms with van der Waals surface area (Å²) in [6, 6.07) is 10.9. The Morgan fingerprint density at radius 1 is 1.27 bits per heavy atom. The van der Waals surface area contributed by atoms with Gasteiger partial charge in [-0.05, 0) is 58.0 Å². The van der Waals surface area contributed by atoms with E-state index < -0.39 is 0 Å². The lowest BCUT2D eigenvalue weighted by molar-refractivity contribution is 0.102. The van der Waals surface area contributed by atoms with Gasteiger partial charge in [-0.25, -0.2) is 0 Å². The molecule has 1 heterocycles. The monoisotopic (exact) mass is 355 g/mol. The Kier molecular flexibility index (Phi) is 5.35. The minimum absolute atomic E-state index is 0.0947. The summed E-state index contributed by atoms with van der Waals surface area (Å²) in [6.07, 6.45) is 1.08. The molecule has 0 saturated heterocycles. The van der Waals surface area contributed by atoms with Crippen LogP contribution in [0.1, 0.15) is 43.6 Å². The molecule has 1 aliphatic heterocycles. The minimum Gasteiger partial charge on any atom is -0.492 e. The van der Waals surface area contributed by atoms with Crippen molar-refractivity contribution in [2.24, 2.45) is 0 Å². The van der Waals surface area contributed by atoms with E-state index in [0.717, 1.165) is 23.5 Å². The van der Waals surface area contributed by atoms with Crippen molar-refractivity contribution >= 4 is 11.6 Å². The van der Waals surface area contributed by atoms with Crippen LogP contribution in [-0.2, 0) is 6.42 Å². The molecule has 1 aliphatic rings. The molecule has 5 nitrogen and oxygen atoms in total. The molecule has 0 unspecified atom stereocenters. The van der Waals surface area contributed by atoms with E-state index in [9.17, 15) is 4.79 Å². The minimum atomic E-state index is -0.201. The number of nitrogens with one attached hydrogen (secondary N) is 1. The maximum absolute atomic E-state index is 12.6. The molecule has 0 bridgehead atoms. The first kappa shape index (κ1) is 18.1. The van der Waals surface area contributed by atoms with Crippen molar-refractivity contribution in [3.05, 3.63) is 47.5 Å². The number of amides is 1. The van der Waals surface area contributed by atoms with Gasteiger partial charge in [0.2, 0.25) is 0 Å². The molecular weight excluding hydrogens is 330 g/mol. The summed E-state index contributed by atoms with van der Waals surface area (Å²) < 4.78 is 17.1. The molecular formula is C21H25NO4. The van der Waals surface area contributed by atoms with Crippen LogP contribution in [0, 0.1) is 0 Å². The predicted octanol–water partition coefficient (Wildman–Crippen LogP) is 4.45. The third kappa shape index (κ3) is 4.10. The van der Waals surface area contributed by atoms with Crippen LogP contribution < -0.4 is 19.5 Å². The highest BCUT2D eigenvalue weighted by atomic mass is 16.5. The molecule has 0 aliphatic carbocycles. The SMILES string of the molecule is CCOc1cc2c(cc1NC(=O)c1ccc(OC(C)C)cc1)O[C@H](C)C2. The van der Waals surface area contributed by atoms with Crippen LogP contribution >= 0.6 is 0 Å². The van der Waals surface area contributed by atoms with Crippen molar-refractivity contribution in [3.8, 4) is 17.2 Å². The second kappa shape index (κ2) is 7.68. The van der Waals surface area contributed by atoms with Crippen LogP contribution in [0.5, 0.6) is 17.2 Å². The average molecular weight is 355 g/mol. The van der Waals surface area contributed by atoms with Gasteiger partial charge in [0.25, 0.3) is 5.91 Å². The molecule has 0 spiro atoms. The summed E-state index contributed by atoms with van der Waals surface area (Å²) in [5, 5.41) is 2.93. The number of rotatable bonds is 6. The highest BCUT2D eigenvalue weighted by Crippen LogP contribution is 2.38. The first-order valence-electron chi connectivity index (χ1n) is 9.00. The molecule has 3 rings (SSSR count). The fraction of sp³-hybridized carbons (Fsp3) is 0.381. The van der Waals surface area contributed by atoms with Gasteiger partial charge in [0.05, 0.1) is 18.4 Å². The molecule has 0 radical (unpaired) electrons. The lowest BCUT2D eigenvalue weighted by Crippen LogP contribution is -2.13. The summed E-state index contributed by atoms with van der Waals surface area (Å²) in [6.45, 7) is 8.41. The summed E-state index contributed by atoms with van der Waals surface area (Å²) in [5.41, 5.74) is 2.28. The highest BCUT2D eigenvalue weighted by Gasteiger charge is 2.22. The van der Waals surface area contributed by atoms with Crippen molar-refractivity contribution in [1.29, 1.82) is 0 Å². The molecule has 1 N–H and O–H groups in total. The number of carbonyl (C=O) groups excluding carboxylic acids is 1.